The third-order valence-corrected chi connectivity index (χ3v) is 7.03. The molecule has 3 N–H and O–H groups in total. The zero-order chi connectivity index (χ0) is 28.3. The first-order valence-electron chi connectivity index (χ1n) is 13.2. The van der Waals surface area contributed by atoms with E-state index in [9.17, 15) is 4.79 Å². The Kier molecular flexibility index (Phi) is 10.3. The van der Waals surface area contributed by atoms with Crippen molar-refractivity contribution < 1.29 is 19.5 Å². The zero-order valence-electron chi connectivity index (χ0n) is 22.7. The topological polar surface area (TPSA) is 126 Å². The van der Waals surface area contributed by atoms with E-state index >= 15 is 0 Å². The lowest BCUT2D eigenvalue weighted by atomic mass is 10.1. The van der Waals surface area contributed by atoms with E-state index in [1.807, 2.05) is 43.6 Å². The molecular weight excluding hydrogens is 528 g/mol. The summed E-state index contributed by atoms with van der Waals surface area (Å²) in [5, 5.41) is 18.8. The average molecular weight is 563 g/mol. The maximum atomic E-state index is 13.5. The van der Waals surface area contributed by atoms with Crippen LogP contribution in [-0.4, -0.2) is 51.4 Å². The molecular formula is C29H34N6O4S. The molecule has 0 unspecified atom stereocenters. The third kappa shape index (κ3) is 7.45. The lowest BCUT2D eigenvalue weighted by Crippen LogP contribution is -2.40. The van der Waals surface area contributed by atoms with E-state index in [1.165, 1.54) is 11.3 Å². The van der Waals surface area contributed by atoms with Crippen LogP contribution in [0.25, 0.3) is 11.3 Å². The summed E-state index contributed by atoms with van der Waals surface area (Å²) < 4.78 is 13.4. The third-order valence-electron chi connectivity index (χ3n) is 6.08. The molecule has 10 nitrogen and oxygen atoms in total. The largest absolute Gasteiger partial charge is 0.494 e. The molecule has 4 aromatic rings. The number of benzene rings is 2. The lowest BCUT2D eigenvalue weighted by molar-refractivity contribution is 0.0962. The predicted molar refractivity (Wildman–Crippen MR) is 155 cm³/mol. The molecule has 0 radical (unpaired) electrons. The number of nitrogens with one attached hydrogen (secondary N) is 2. The van der Waals surface area contributed by atoms with Gasteiger partial charge < -0.3 is 9.47 Å². The van der Waals surface area contributed by atoms with Gasteiger partial charge in [0, 0.05) is 30.1 Å². The quantitative estimate of drug-likeness (QED) is 0.0809. The molecule has 0 bridgehead atoms. The number of carbonyl (C=O) groups is 1. The van der Waals surface area contributed by atoms with E-state index < -0.39 is 0 Å². The standard InChI is InChI=1S/C29H34N6O4S/c1-3-16-35(34-17-15-31-20-34)29(36)27-26(32-21(2)40-27)22-7-11-24(12-8-22)38-18-5-4-6-19-39-25-13-9-23(10-14-25)28(30)33-37/h7-15,17,20,37H,3-6,16,18-19H2,1-2H3,(H2,30,33). The number of amides is 1. The molecule has 40 heavy (non-hydrogen) atoms. The van der Waals surface area contributed by atoms with Crippen molar-refractivity contribution in [3.8, 4) is 22.8 Å². The second kappa shape index (κ2) is 14.2. The van der Waals surface area contributed by atoms with E-state index in [0.717, 1.165) is 47.8 Å². The van der Waals surface area contributed by atoms with Gasteiger partial charge in [-0.15, -0.1) is 11.3 Å². The van der Waals surface area contributed by atoms with Crippen molar-refractivity contribution in [1.82, 2.24) is 20.1 Å². The van der Waals surface area contributed by atoms with Crippen molar-refractivity contribution in [2.75, 3.05) is 24.8 Å². The van der Waals surface area contributed by atoms with Crippen molar-refractivity contribution in [1.29, 1.82) is 5.41 Å². The first kappa shape index (κ1) is 28.8. The molecule has 0 aliphatic rings. The highest BCUT2D eigenvalue weighted by Gasteiger charge is 2.24. The smallest absolute Gasteiger partial charge is 0.285 e. The maximum absolute atomic E-state index is 13.5. The van der Waals surface area contributed by atoms with Gasteiger partial charge in [-0.05, 0) is 81.1 Å². The second-order valence-corrected chi connectivity index (χ2v) is 10.3. The Bertz CT molecular complexity index is 1370. The highest BCUT2D eigenvalue weighted by Crippen LogP contribution is 2.30. The number of imidazole rings is 1. The van der Waals surface area contributed by atoms with Crippen LogP contribution in [-0.2, 0) is 0 Å². The number of nitrogens with zero attached hydrogens (tertiary/aromatic N) is 4. The summed E-state index contributed by atoms with van der Waals surface area (Å²) in [6.07, 6.45) is 8.64. The van der Waals surface area contributed by atoms with Crippen LogP contribution in [0.5, 0.6) is 11.5 Å². The minimum Gasteiger partial charge on any atom is -0.494 e. The fourth-order valence-electron chi connectivity index (χ4n) is 4.07. The number of ether oxygens (including phenoxy) is 2. The number of unbranched alkanes of at least 4 members (excludes halogenated alkanes) is 2. The van der Waals surface area contributed by atoms with Gasteiger partial charge in [-0.25, -0.2) is 19.7 Å². The molecule has 2 aromatic carbocycles. The van der Waals surface area contributed by atoms with Crippen molar-refractivity contribution in [2.45, 2.75) is 39.5 Å². The Labute approximate surface area is 237 Å². The molecule has 0 aliphatic heterocycles. The van der Waals surface area contributed by atoms with Crippen LogP contribution in [0.4, 0.5) is 0 Å². The molecule has 0 aliphatic carbocycles. The van der Waals surface area contributed by atoms with Crippen LogP contribution in [0.3, 0.4) is 0 Å². The number of rotatable bonds is 14. The van der Waals surface area contributed by atoms with E-state index in [0.29, 0.717) is 35.9 Å². The van der Waals surface area contributed by atoms with Crippen LogP contribution >= 0.6 is 11.3 Å². The molecule has 0 fully saturated rings. The predicted octanol–water partition coefficient (Wildman–Crippen LogP) is 5.44. The van der Waals surface area contributed by atoms with Gasteiger partial charge in [0.2, 0.25) is 0 Å². The van der Waals surface area contributed by atoms with Gasteiger partial charge in [0.1, 0.15) is 28.5 Å². The summed E-state index contributed by atoms with van der Waals surface area (Å²) in [7, 11) is 0. The van der Waals surface area contributed by atoms with Crippen molar-refractivity contribution in [3.05, 3.63) is 82.7 Å². The molecule has 0 atom stereocenters. The number of hydroxylamine groups is 1. The molecule has 210 valence electrons. The van der Waals surface area contributed by atoms with Gasteiger partial charge in [-0.3, -0.25) is 20.9 Å². The fourth-order valence-corrected chi connectivity index (χ4v) is 4.95. The highest BCUT2D eigenvalue weighted by atomic mass is 32.1. The number of aryl methyl sites for hydroxylation is 1. The first-order valence-corrected chi connectivity index (χ1v) is 14.0. The number of amidine groups is 1. The van der Waals surface area contributed by atoms with Gasteiger partial charge in [0.25, 0.3) is 5.91 Å². The van der Waals surface area contributed by atoms with Crippen molar-refractivity contribution in [2.24, 2.45) is 0 Å². The van der Waals surface area contributed by atoms with Gasteiger partial charge in [0.15, 0.2) is 0 Å². The van der Waals surface area contributed by atoms with Crippen molar-refractivity contribution >= 4 is 23.1 Å². The molecule has 2 heterocycles. The summed E-state index contributed by atoms with van der Waals surface area (Å²) in [5.41, 5.74) is 3.96. The molecule has 4 rings (SSSR count). The van der Waals surface area contributed by atoms with Crippen LogP contribution in [0, 0.1) is 12.3 Å². The molecule has 0 spiro atoms. The van der Waals surface area contributed by atoms with Gasteiger partial charge in [-0.1, -0.05) is 6.92 Å². The molecule has 11 heteroatoms. The monoisotopic (exact) mass is 562 g/mol. The minimum absolute atomic E-state index is 0.0559. The number of carbonyl (C=O) groups excluding carboxylic acids is 1. The van der Waals surface area contributed by atoms with Crippen LogP contribution in [0.1, 0.15) is 52.8 Å². The van der Waals surface area contributed by atoms with E-state index in [2.05, 4.69) is 9.97 Å². The number of hydrogen-bond acceptors (Lipinski definition) is 8. The summed E-state index contributed by atoms with van der Waals surface area (Å²) >= 11 is 1.40. The van der Waals surface area contributed by atoms with Gasteiger partial charge in [0.05, 0.1) is 23.9 Å². The normalized spacial score (nSPS) is 10.8. The fraction of sp³-hybridized carbons (Fsp3) is 0.310. The summed E-state index contributed by atoms with van der Waals surface area (Å²) in [4.78, 5) is 22.8. The van der Waals surface area contributed by atoms with Crippen LogP contribution < -0.4 is 20.0 Å². The second-order valence-electron chi connectivity index (χ2n) is 9.07. The Morgan fingerprint density at radius 3 is 2.27 bits per heavy atom. The number of aromatic nitrogens is 3. The number of hydrogen-bond donors (Lipinski definition) is 3. The Morgan fingerprint density at radius 2 is 1.70 bits per heavy atom. The Morgan fingerprint density at radius 1 is 1.05 bits per heavy atom. The number of thiazole rings is 1. The van der Waals surface area contributed by atoms with E-state index in [1.54, 1.807) is 52.7 Å². The van der Waals surface area contributed by atoms with Crippen molar-refractivity contribution in [3.63, 3.8) is 0 Å². The maximum Gasteiger partial charge on any atom is 0.285 e. The van der Waals surface area contributed by atoms with Crippen LogP contribution in [0.15, 0.2) is 67.3 Å². The van der Waals surface area contributed by atoms with Gasteiger partial charge in [-0.2, -0.15) is 0 Å². The zero-order valence-corrected chi connectivity index (χ0v) is 23.5. The Hall–Kier alpha value is -4.22. The van der Waals surface area contributed by atoms with E-state index in [4.69, 9.17) is 20.1 Å². The average Bonchev–Trinajstić information content (AvgIpc) is 3.65. The lowest BCUT2D eigenvalue weighted by Gasteiger charge is -2.22. The molecule has 1 amide bonds. The molecule has 0 saturated carbocycles. The summed E-state index contributed by atoms with van der Waals surface area (Å²) in [6, 6.07) is 14.7. The first-order chi connectivity index (χ1) is 19.5. The SMILES string of the molecule is CCCN(C(=O)c1sc(C)nc1-c1ccc(OCCCCCOc2ccc(C(=N)NO)cc2)cc1)n1ccnc1. The highest BCUT2D eigenvalue weighted by molar-refractivity contribution is 7.14. The summed E-state index contributed by atoms with van der Waals surface area (Å²) in [5.74, 6) is 1.35. The Balaban J connectivity index is 1.24. The van der Waals surface area contributed by atoms with Gasteiger partial charge >= 0.3 is 0 Å². The molecule has 0 saturated heterocycles. The minimum atomic E-state index is -0.0960. The van der Waals surface area contributed by atoms with Crippen LogP contribution in [0.2, 0.25) is 0 Å². The van der Waals surface area contributed by atoms with E-state index in [-0.39, 0.29) is 11.7 Å². The molecule has 2 aromatic heterocycles. The summed E-state index contributed by atoms with van der Waals surface area (Å²) in [6.45, 7) is 5.71.